The molecule has 3 nitrogen and oxygen atoms in total. The summed E-state index contributed by atoms with van der Waals surface area (Å²) in [4.78, 5) is 0.00993. The van der Waals surface area contributed by atoms with Gasteiger partial charge in [-0.2, -0.15) is 0 Å². The molecule has 0 unspecified atom stereocenters. The molecular formula is C14H13ClFNO2S. The summed E-state index contributed by atoms with van der Waals surface area (Å²) in [6.07, 6.45) is 0. The van der Waals surface area contributed by atoms with Gasteiger partial charge in [0.25, 0.3) is 0 Å². The maximum absolute atomic E-state index is 13.2. The highest BCUT2D eigenvalue weighted by Gasteiger charge is 2.17. The lowest BCUT2D eigenvalue weighted by atomic mass is 10.1. The predicted molar refractivity (Wildman–Crippen MR) is 76.6 cm³/mol. The number of hydrogen-bond donors (Lipinski definition) is 1. The van der Waals surface area contributed by atoms with E-state index in [1.807, 2.05) is 0 Å². The first-order valence-electron chi connectivity index (χ1n) is 5.89. The number of halogens is 2. The highest BCUT2D eigenvalue weighted by atomic mass is 35.5. The van der Waals surface area contributed by atoms with Crippen LogP contribution in [-0.2, 0) is 16.6 Å². The second kappa shape index (κ2) is 5.91. The number of aryl methyl sites for hydroxylation is 1. The van der Waals surface area contributed by atoms with Gasteiger partial charge in [-0.15, -0.1) is 0 Å². The van der Waals surface area contributed by atoms with Crippen LogP contribution in [0.2, 0.25) is 5.02 Å². The Morgan fingerprint density at radius 2 is 1.90 bits per heavy atom. The lowest BCUT2D eigenvalue weighted by Crippen LogP contribution is -2.24. The summed E-state index contributed by atoms with van der Waals surface area (Å²) in [7, 11) is -3.72. The molecule has 106 valence electrons. The molecule has 0 aromatic heterocycles. The van der Waals surface area contributed by atoms with E-state index in [0.717, 1.165) is 5.56 Å². The standard InChI is InChI=1S/C14H13ClFNO2S/c1-10-6-7-12(16)8-11(10)9-17-20(18,19)14-5-3-2-4-13(14)15/h2-8,17H,9H2,1H3. The number of hydrogen-bond acceptors (Lipinski definition) is 2. The van der Waals surface area contributed by atoms with Crippen molar-refractivity contribution in [3.05, 3.63) is 64.4 Å². The molecule has 0 aliphatic carbocycles. The highest BCUT2D eigenvalue weighted by Crippen LogP contribution is 2.20. The number of benzene rings is 2. The zero-order valence-corrected chi connectivity index (χ0v) is 12.3. The molecule has 20 heavy (non-hydrogen) atoms. The summed E-state index contributed by atoms with van der Waals surface area (Å²) in [5.74, 6) is -0.400. The first kappa shape index (κ1) is 15.0. The van der Waals surface area contributed by atoms with Gasteiger partial charge in [-0.1, -0.05) is 29.8 Å². The predicted octanol–water partition coefficient (Wildman–Crippen LogP) is 3.27. The zero-order chi connectivity index (χ0) is 14.8. The second-order valence-corrected chi connectivity index (χ2v) is 6.47. The fourth-order valence-corrected chi connectivity index (χ4v) is 3.27. The van der Waals surface area contributed by atoms with Crippen molar-refractivity contribution >= 4 is 21.6 Å². The van der Waals surface area contributed by atoms with Crippen molar-refractivity contribution in [2.45, 2.75) is 18.4 Å². The first-order chi connectivity index (χ1) is 9.40. The number of nitrogens with one attached hydrogen (secondary N) is 1. The van der Waals surface area contributed by atoms with Crippen LogP contribution < -0.4 is 4.72 Å². The molecule has 0 aliphatic heterocycles. The van der Waals surface area contributed by atoms with Crippen LogP contribution in [-0.4, -0.2) is 8.42 Å². The fraction of sp³-hybridized carbons (Fsp3) is 0.143. The minimum absolute atomic E-state index is 0.00993. The van der Waals surface area contributed by atoms with E-state index in [9.17, 15) is 12.8 Å². The quantitative estimate of drug-likeness (QED) is 0.941. The molecule has 2 rings (SSSR count). The third kappa shape index (κ3) is 3.36. The lowest BCUT2D eigenvalue weighted by molar-refractivity contribution is 0.580. The maximum atomic E-state index is 13.2. The van der Waals surface area contributed by atoms with E-state index in [0.29, 0.717) is 5.56 Å². The van der Waals surface area contributed by atoms with Gasteiger partial charge in [0, 0.05) is 6.54 Å². The summed E-state index contributed by atoms with van der Waals surface area (Å²) in [6, 6.07) is 10.4. The Bertz CT molecular complexity index is 732. The van der Waals surface area contributed by atoms with Crippen LogP contribution in [0.25, 0.3) is 0 Å². The molecule has 0 amide bonds. The van der Waals surface area contributed by atoms with Crippen molar-refractivity contribution < 1.29 is 12.8 Å². The molecule has 0 radical (unpaired) electrons. The van der Waals surface area contributed by atoms with E-state index in [1.165, 1.54) is 24.3 Å². The molecule has 0 heterocycles. The molecule has 0 spiro atoms. The van der Waals surface area contributed by atoms with Crippen LogP contribution in [0.3, 0.4) is 0 Å². The smallest absolute Gasteiger partial charge is 0.207 e. The molecule has 2 aromatic rings. The van der Waals surface area contributed by atoms with Gasteiger partial charge < -0.3 is 0 Å². The monoisotopic (exact) mass is 313 g/mol. The SMILES string of the molecule is Cc1ccc(F)cc1CNS(=O)(=O)c1ccccc1Cl. The minimum Gasteiger partial charge on any atom is -0.207 e. The highest BCUT2D eigenvalue weighted by molar-refractivity contribution is 7.89. The van der Waals surface area contributed by atoms with Gasteiger partial charge in [-0.25, -0.2) is 17.5 Å². The zero-order valence-electron chi connectivity index (χ0n) is 10.7. The van der Waals surface area contributed by atoms with E-state index in [1.54, 1.807) is 25.1 Å². The molecule has 0 saturated carbocycles. The Morgan fingerprint density at radius 3 is 2.60 bits per heavy atom. The molecule has 0 saturated heterocycles. The van der Waals surface area contributed by atoms with Crippen molar-refractivity contribution in [1.29, 1.82) is 0 Å². The van der Waals surface area contributed by atoms with Gasteiger partial charge in [0.15, 0.2) is 0 Å². The van der Waals surface area contributed by atoms with Crippen LogP contribution in [0.5, 0.6) is 0 Å². The average molecular weight is 314 g/mol. The van der Waals surface area contributed by atoms with Gasteiger partial charge in [0.2, 0.25) is 10.0 Å². The van der Waals surface area contributed by atoms with Crippen molar-refractivity contribution in [2.24, 2.45) is 0 Å². The number of rotatable bonds is 4. The summed E-state index contributed by atoms with van der Waals surface area (Å²) in [5, 5.41) is 0.149. The van der Waals surface area contributed by atoms with Crippen LogP contribution >= 0.6 is 11.6 Å². The summed E-state index contributed by atoms with van der Waals surface area (Å²) >= 11 is 5.87. The molecule has 0 bridgehead atoms. The normalized spacial score (nSPS) is 11.6. The lowest BCUT2D eigenvalue weighted by Gasteiger charge is -2.10. The molecule has 1 N–H and O–H groups in total. The minimum atomic E-state index is -3.72. The van der Waals surface area contributed by atoms with Gasteiger partial charge >= 0.3 is 0 Å². The average Bonchev–Trinajstić information content (AvgIpc) is 2.40. The van der Waals surface area contributed by atoms with Gasteiger partial charge in [-0.05, 0) is 42.3 Å². The van der Waals surface area contributed by atoms with Crippen LogP contribution in [0.4, 0.5) is 4.39 Å². The van der Waals surface area contributed by atoms with Gasteiger partial charge in [0.05, 0.1) is 5.02 Å². The summed E-state index contributed by atoms with van der Waals surface area (Å²) in [6.45, 7) is 1.80. The topological polar surface area (TPSA) is 46.2 Å². The first-order valence-corrected chi connectivity index (χ1v) is 7.75. The Morgan fingerprint density at radius 1 is 1.20 bits per heavy atom. The third-order valence-electron chi connectivity index (χ3n) is 2.89. The third-order valence-corrected chi connectivity index (χ3v) is 4.79. The Balaban J connectivity index is 2.22. The molecule has 6 heteroatoms. The molecular weight excluding hydrogens is 301 g/mol. The molecule has 0 aliphatic rings. The van der Waals surface area contributed by atoms with E-state index in [4.69, 9.17) is 11.6 Å². The van der Waals surface area contributed by atoms with E-state index < -0.39 is 15.8 Å². The van der Waals surface area contributed by atoms with E-state index in [-0.39, 0.29) is 16.5 Å². The second-order valence-electron chi connectivity index (χ2n) is 4.33. The van der Waals surface area contributed by atoms with Gasteiger partial charge in [0.1, 0.15) is 10.7 Å². The number of sulfonamides is 1. The van der Waals surface area contributed by atoms with Crippen LogP contribution in [0, 0.1) is 12.7 Å². The van der Waals surface area contributed by atoms with Crippen molar-refractivity contribution in [2.75, 3.05) is 0 Å². The summed E-state index contributed by atoms with van der Waals surface area (Å²) in [5.41, 5.74) is 1.40. The van der Waals surface area contributed by atoms with Crippen LogP contribution in [0.15, 0.2) is 47.4 Å². The fourth-order valence-electron chi connectivity index (χ4n) is 1.74. The maximum Gasteiger partial charge on any atom is 0.242 e. The van der Waals surface area contributed by atoms with Crippen molar-refractivity contribution in [3.63, 3.8) is 0 Å². The molecule has 2 aromatic carbocycles. The Hall–Kier alpha value is -1.43. The van der Waals surface area contributed by atoms with Crippen LogP contribution in [0.1, 0.15) is 11.1 Å². The molecule has 0 atom stereocenters. The summed E-state index contributed by atoms with van der Waals surface area (Å²) < 4.78 is 39.8. The molecule has 0 fully saturated rings. The largest absolute Gasteiger partial charge is 0.242 e. The van der Waals surface area contributed by atoms with Crippen molar-refractivity contribution in [3.8, 4) is 0 Å². The Kier molecular flexibility index (Phi) is 4.42. The van der Waals surface area contributed by atoms with Gasteiger partial charge in [-0.3, -0.25) is 0 Å². The van der Waals surface area contributed by atoms with E-state index in [2.05, 4.69) is 4.72 Å². The van der Waals surface area contributed by atoms with E-state index >= 15 is 0 Å². The van der Waals surface area contributed by atoms with Crippen molar-refractivity contribution in [1.82, 2.24) is 4.72 Å². The Labute approximate surface area is 122 Å².